The zero-order chi connectivity index (χ0) is 21.0. The van der Waals surface area contributed by atoms with Crippen molar-refractivity contribution >= 4 is 34.8 Å². The van der Waals surface area contributed by atoms with Crippen LogP contribution in [-0.2, 0) is 6.61 Å². The summed E-state index contributed by atoms with van der Waals surface area (Å²) in [7, 11) is 0. The van der Waals surface area contributed by atoms with Crippen molar-refractivity contribution in [1.82, 2.24) is 0 Å². The summed E-state index contributed by atoms with van der Waals surface area (Å²) in [4.78, 5) is 12.3. The molecular weight excluding hydrogens is 427 g/mol. The highest BCUT2D eigenvalue weighted by Gasteiger charge is 2.14. The minimum Gasteiger partial charge on any atom is -0.485 e. The average Bonchev–Trinajstić information content (AvgIpc) is 3.12. The van der Waals surface area contributed by atoms with Gasteiger partial charge in [0.05, 0.1) is 5.02 Å². The molecule has 1 N–H and O–H groups in total. The number of hydrogen-bond donors (Lipinski definition) is 1. The van der Waals surface area contributed by atoms with Gasteiger partial charge >= 0.3 is 6.61 Å². The molecule has 0 radical (unpaired) electrons. The number of nitrogens with one attached hydrogen (secondary N) is 1. The Morgan fingerprint density at radius 3 is 2.55 bits per heavy atom. The average molecular weight is 442 g/mol. The normalized spacial score (nSPS) is 10.8. The molecule has 5 nitrogen and oxygen atoms in total. The molecule has 0 saturated heterocycles. The maximum absolute atomic E-state index is 12.3. The maximum atomic E-state index is 12.3. The molecule has 3 rings (SSSR count). The molecule has 1 heterocycles. The fourth-order valence-corrected chi connectivity index (χ4v) is 2.92. The first kappa shape index (κ1) is 21.0. The summed E-state index contributed by atoms with van der Waals surface area (Å²) in [6.45, 7) is -1.000. The molecule has 0 saturated carbocycles. The second kappa shape index (κ2) is 9.15. The predicted molar refractivity (Wildman–Crippen MR) is 105 cm³/mol. The van der Waals surface area contributed by atoms with Crippen molar-refractivity contribution in [3.8, 4) is 11.5 Å². The van der Waals surface area contributed by atoms with Crippen LogP contribution in [0.3, 0.4) is 0 Å². The molecule has 29 heavy (non-hydrogen) atoms. The lowest BCUT2D eigenvalue weighted by atomic mass is 10.2. The maximum Gasteiger partial charge on any atom is 0.387 e. The van der Waals surface area contributed by atoms with Crippen LogP contribution in [0.4, 0.5) is 14.5 Å². The summed E-state index contributed by atoms with van der Waals surface area (Å²) < 4.78 is 39.9. The topological polar surface area (TPSA) is 60.7 Å². The summed E-state index contributed by atoms with van der Waals surface area (Å²) in [6, 6.07) is 12.3. The molecule has 0 fully saturated rings. The van der Waals surface area contributed by atoms with Gasteiger partial charge in [-0.2, -0.15) is 8.78 Å². The van der Waals surface area contributed by atoms with Gasteiger partial charge in [-0.15, -0.1) is 0 Å². The third-order valence-electron chi connectivity index (χ3n) is 3.80. The van der Waals surface area contributed by atoms with E-state index in [1.807, 2.05) is 6.92 Å². The molecule has 1 aromatic heterocycles. The number of carbonyl (C=O) groups is 1. The SMILES string of the molecule is Cc1cc(Cl)ccc1OCc1ccc(C(=O)Nc2ccc(OC(F)F)c(Cl)c2)o1. The number of furan rings is 1. The summed E-state index contributed by atoms with van der Waals surface area (Å²) >= 11 is 11.8. The van der Waals surface area contributed by atoms with Crippen LogP contribution in [0.15, 0.2) is 52.9 Å². The molecule has 0 aliphatic heterocycles. The lowest BCUT2D eigenvalue weighted by molar-refractivity contribution is -0.0497. The number of hydrogen-bond acceptors (Lipinski definition) is 4. The number of aryl methyl sites for hydroxylation is 1. The standard InChI is InChI=1S/C20H15Cl2F2NO4/c1-11-8-12(21)2-5-16(11)27-10-14-4-7-18(28-14)19(26)25-13-3-6-17(15(22)9-13)29-20(23)24/h2-9,20H,10H2,1H3,(H,25,26). The van der Waals surface area contributed by atoms with Crippen molar-refractivity contribution in [1.29, 1.82) is 0 Å². The quantitative estimate of drug-likeness (QED) is 0.465. The van der Waals surface area contributed by atoms with Crippen molar-refractivity contribution in [3.63, 3.8) is 0 Å². The van der Waals surface area contributed by atoms with Crippen molar-refractivity contribution in [2.45, 2.75) is 20.1 Å². The minimum absolute atomic E-state index is 0.0560. The predicted octanol–water partition coefficient (Wildman–Crippen LogP) is 6.33. The molecule has 3 aromatic rings. The van der Waals surface area contributed by atoms with Crippen molar-refractivity contribution in [2.24, 2.45) is 0 Å². The van der Waals surface area contributed by atoms with Gasteiger partial charge in [-0.05, 0) is 61.0 Å². The summed E-state index contributed by atoms with van der Waals surface area (Å²) in [5.74, 6) is 0.438. The van der Waals surface area contributed by atoms with E-state index in [1.54, 1.807) is 24.3 Å². The van der Waals surface area contributed by atoms with Gasteiger partial charge in [-0.1, -0.05) is 23.2 Å². The van der Waals surface area contributed by atoms with Crippen LogP contribution >= 0.6 is 23.2 Å². The Morgan fingerprint density at radius 2 is 1.86 bits per heavy atom. The van der Waals surface area contributed by atoms with Gasteiger partial charge in [-0.25, -0.2) is 0 Å². The third-order valence-corrected chi connectivity index (χ3v) is 4.33. The van der Waals surface area contributed by atoms with Gasteiger partial charge in [0.15, 0.2) is 5.76 Å². The van der Waals surface area contributed by atoms with E-state index < -0.39 is 12.5 Å². The van der Waals surface area contributed by atoms with Crippen molar-refractivity contribution < 1.29 is 27.5 Å². The summed E-state index contributed by atoms with van der Waals surface area (Å²) in [5.41, 5.74) is 1.17. The summed E-state index contributed by atoms with van der Waals surface area (Å²) in [5, 5.41) is 3.12. The Balaban J connectivity index is 1.61. The van der Waals surface area contributed by atoms with Crippen LogP contribution < -0.4 is 14.8 Å². The van der Waals surface area contributed by atoms with Crippen molar-refractivity contribution in [2.75, 3.05) is 5.32 Å². The zero-order valence-electron chi connectivity index (χ0n) is 15.0. The number of rotatable bonds is 7. The number of alkyl halides is 2. The molecule has 9 heteroatoms. The van der Waals surface area contributed by atoms with Crippen LogP contribution in [-0.4, -0.2) is 12.5 Å². The van der Waals surface area contributed by atoms with E-state index in [1.165, 1.54) is 24.3 Å². The van der Waals surface area contributed by atoms with Gasteiger partial charge in [0.2, 0.25) is 0 Å². The Morgan fingerprint density at radius 1 is 1.10 bits per heavy atom. The number of benzene rings is 2. The number of amides is 1. The fraction of sp³-hybridized carbons (Fsp3) is 0.150. The molecule has 0 atom stereocenters. The van der Waals surface area contributed by atoms with Gasteiger partial charge < -0.3 is 19.2 Å². The number of ether oxygens (including phenoxy) is 2. The lowest BCUT2D eigenvalue weighted by Gasteiger charge is -2.09. The smallest absolute Gasteiger partial charge is 0.387 e. The fourth-order valence-electron chi connectivity index (χ4n) is 2.46. The second-order valence-corrected chi connectivity index (χ2v) is 6.79. The number of halogens is 4. The zero-order valence-corrected chi connectivity index (χ0v) is 16.6. The van der Waals surface area contributed by atoms with Crippen LogP contribution in [0.5, 0.6) is 11.5 Å². The Hall–Kier alpha value is -2.77. The molecule has 0 aliphatic rings. The van der Waals surface area contributed by atoms with E-state index >= 15 is 0 Å². The van der Waals surface area contributed by atoms with E-state index in [-0.39, 0.29) is 23.1 Å². The first-order chi connectivity index (χ1) is 13.8. The molecule has 0 bridgehead atoms. The van der Waals surface area contributed by atoms with Gasteiger partial charge in [0, 0.05) is 10.7 Å². The third kappa shape index (κ3) is 5.62. The highest BCUT2D eigenvalue weighted by atomic mass is 35.5. The van der Waals surface area contributed by atoms with Gasteiger partial charge in [-0.3, -0.25) is 4.79 Å². The Bertz CT molecular complexity index is 1020. The molecule has 1 amide bonds. The van der Waals surface area contributed by atoms with Gasteiger partial charge in [0.1, 0.15) is 23.9 Å². The summed E-state index contributed by atoms with van der Waals surface area (Å²) in [6.07, 6.45) is 0. The van der Waals surface area contributed by atoms with Crippen LogP contribution in [0, 0.1) is 6.92 Å². The van der Waals surface area contributed by atoms with Crippen LogP contribution in [0.1, 0.15) is 21.9 Å². The Kier molecular flexibility index (Phi) is 6.61. The van der Waals surface area contributed by atoms with Gasteiger partial charge in [0.25, 0.3) is 5.91 Å². The molecule has 152 valence electrons. The van der Waals surface area contributed by atoms with Crippen LogP contribution in [0.25, 0.3) is 0 Å². The molecule has 0 aliphatic carbocycles. The Labute approximate surface area is 175 Å². The molecule has 0 spiro atoms. The van der Waals surface area contributed by atoms with Crippen LogP contribution in [0.2, 0.25) is 10.0 Å². The largest absolute Gasteiger partial charge is 0.485 e. The number of carbonyl (C=O) groups excluding carboxylic acids is 1. The highest BCUT2D eigenvalue weighted by Crippen LogP contribution is 2.29. The molecular formula is C20H15Cl2F2NO4. The first-order valence-electron chi connectivity index (χ1n) is 8.35. The lowest BCUT2D eigenvalue weighted by Crippen LogP contribution is -2.11. The minimum atomic E-state index is -2.99. The highest BCUT2D eigenvalue weighted by molar-refractivity contribution is 6.32. The van der Waals surface area contributed by atoms with E-state index in [2.05, 4.69) is 10.1 Å². The molecule has 0 unspecified atom stereocenters. The monoisotopic (exact) mass is 441 g/mol. The first-order valence-corrected chi connectivity index (χ1v) is 9.11. The second-order valence-electron chi connectivity index (χ2n) is 5.94. The van der Waals surface area contributed by atoms with Crippen molar-refractivity contribution in [3.05, 3.63) is 75.7 Å². The van der Waals surface area contributed by atoms with E-state index in [0.717, 1.165) is 5.56 Å². The van der Waals surface area contributed by atoms with E-state index in [9.17, 15) is 13.6 Å². The van der Waals surface area contributed by atoms with E-state index in [0.29, 0.717) is 22.2 Å². The van der Waals surface area contributed by atoms with E-state index in [4.69, 9.17) is 32.4 Å². The molecule has 2 aromatic carbocycles. The number of anilines is 1.